The number of rotatable bonds is 23. The normalized spacial score (nSPS) is 11.9. The van der Waals surface area contributed by atoms with Crippen molar-refractivity contribution in [3.63, 3.8) is 0 Å². The molecule has 1 aromatic heterocycles. The second-order valence-corrected chi connectivity index (χ2v) is 21.9. The van der Waals surface area contributed by atoms with Crippen molar-refractivity contribution in [2.45, 2.75) is 37.8 Å². The molecule has 6 aromatic rings. The smallest absolute Gasteiger partial charge is 0.744 e. The minimum absolute atomic E-state index is 0. The molecule has 0 spiro atoms. The number of sulfone groups is 2. The molecule has 75 heavy (non-hydrogen) atoms. The molecule has 0 saturated carbocycles. The Labute approximate surface area is 522 Å². The first-order chi connectivity index (χ1) is 33.5. The topological polar surface area (TPSA) is 433 Å². The molecule has 0 saturated heterocycles. The average molecular weight is 1190 g/mol. The van der Waals surface area contributed by atoms with Crippen LogP contribution in [0.4, 0.5) is 56.1 Å². The summed E-state index contributed by atoms with van der Waals surface area (Å²) in [4.78, 5) is 8.18. The number of hydrogen-bond acceptors (Lipinski definition) is 30. The Hall–Kier alpha value is -2.16. The number of phenolic OH excluding ortho intramolecular Hbond substituents is 1. The fourth-order valence-electron chi connectivity index (χ4n) is 5.99. The molecule has 0 radical (unpaired) electrons. The van der Waals surface area contributed by atoms with Crippen molar-refractivity contribution in [1.29, 1.82) is 0 Å². The molecule has 5 aromatic carbocycles. The Morgan fingerprint density at radius 3 is 1.84 bits per heavy atom. The van der Waals surface area contributed by atoms with E-state index < -0.39 is 102 Å². The first kappa shape index (κ1) is 68.9. The van der Waals surface area contributed by atoms with E-state index in [-0.39, 0.29) is 198 Å². The van der Waals surface area contributed by atoms with Gasteiger partial charge < -0.3 is 41.1 Å². The van der Waals surface area contributed by atoms with Crippen LogP contribution in [0.3, 0.4) is 0 Å². The second-order valence-electron chi connectivity index (χ2n) is 13.7. The van der Waals surface area contributed by atoms with E-state index in [0.29, 0.717) is 12.5 Å². The molecular weight excluding hydrogens is 1160 g/mol. The Kier molecular flexibility index (Phi) is 28.0. The van der Waals surface area contributed by atoms with Crippen molar-refractivity contribution in [1.82, 2.24) is 15.0 Å². The number of benzene rings is 5. The van der Waals surface area contributed by atoms with Gasteiger partial charge in [-0.05, 0) is 85.3 Å². The summed E-state index contributed by atoms with van der Waals surface area (Å²) in [6.45, 7) is 1.14. The fourth-order valence-corrected chi connectivity index (χ4v) is 10.5. The Morgan fingerprint density at radius 2 is 1.23 bits per heavy atom. The van der Waals surface area contributed by atoms with Crippen LogP contribution in [0.1, 0.15) is 13.3 Å². The van der Waals surface area contributed by atoms with Crippen molar-refractivity contribution in [3.8, 4) is 5.75 Å². The Balaban J connectivity index is 0.00000481. The maximum Gasteiger partial charge on any atom is 1.00 e. The zero-order chi connectivity index (χ0) is 51.7. The minimum atomic E-state index is -5.45. The van der Waals surface area contributed by atoms with Gasteiger partial charge in [0, 0.05) is 22.1 Å². The predicted octanol–water partition coefficient (Wildman–Crippen LogP) is -7.41. The molecule has 0 aliphatic carbocycles. The van der Waals surface area contributed by atoms with Gasteiger partial charge in [0.05, 0.1) is 60.3 Å². The largest absolute Gasteiger partial charge is 1.00 e. The summed E-state index contributed by atoms with van der Waals surface area (Å²) in [5.41, 5.74) is 3.92. The zero-order valence-corrected chi connectivity index (χ0v) is 52.2. The van der Waals surface area contributed by atoms with E-state index in [4.69, 9.17) is 5.73 Å². The molecule has 28 nitrogen and oxygen atoms in total. The van der Waals surface area contributed by atoms with Crippen LogP contribution in [0.25, 0.3) is 10.8 Å². The summed E-state index contributed by atoms with van der Waals surface area (Å²) < 4.78 is 152. The molecule has 0 bridgehead atoms. The number of nitrogens with one attached hydrogen (secondary N) is 2. The molecule has 0 aliphatic rings. The number of nitrogen functional groups attached to an aromatic ring is 1. The van der Waals surface area contributed by atoms with Crippen LogP contribution in [-0.2, 0) is 62.8 Å². The average Bonchev–Trinajstić information content (AvgIpc) is 3.29. The van der Waals surface area contributed by atoms with Crippen LogP contribution in [0.15, 0.2) is 124 Å². The van der Waals surface area contributed by atoms with Gasteiger partial charge in [-0.25, -0.2) is 33.7 Å². The van der Waals surface area contributed by atoms with Gasteiger partial charge in [-0.1, -0.05) is 6.92 Å². The van der Waals surface area contributed by atoms with Gasteiger partial charge in [0.15, 0.2) is 37.7 Å². The van der Waals surface area contributed by atoms with Crippen LogP contribution in [0.5, 0.6) is 5.75 Å². The number of halogens is 1. The summed E-state index contributed by atoms with van der Waals surface area (Å²) in [6, 6.07) is 14.1. The van der Waals surface area contributed by atoms with Gasteiger partial charge in [0.25, 0.3) is 0 Å². The van der Waals surface area contributed by atoms with Crippen LogP contribution in [0.2, 0.25) is 0 Å². The standard InChI is InChI=1S/C36H33FN10O18S6.4Na/c1-2-14-68(51,52)21-6-3-19(4-7-21)39-35-41-34(37)42-36(43-35)40-20-5-12-29(70(55,56)57)27(16-20)45-47-32-28(66-64-62-49)18-24-23(33(32)48)9-10-25(38)31(24)46-44-26-11-8-22(17-30(26)71(58,59)60)69(53,54)15-13-61-67-65-63-50;;;;/h3-12,16-18,48-50H,2,13-15,38H2,1H3,(H,55,56,57)(H,58,59,60)(H2,39,40,41,42,43);;;;/q;4*+1/p-4. The third-order valence-electron chi connectivity index (χ3n) is 9.04. The quantitative estimate of drug-likeness (QED) is 0.00677. The third-order valence-corrected chi connectivity index (χ3v) is 15.4. The van der Waals surface area contributed by atoms with Gasteiger partial charge in [0.2, 0.25) is 11.9 Å². The van der Waals surface area contributed by atoms with Crippen molar-refractivity contribution in [2.24, 2.45) is 20.5 Å². The van der Waals surface area contributed by atoms with Crippen LogP contribution in [-0.4, -0.2) is 80.9 Å². The predicted molar refractivity (Wildman–Crippen MR) is 238 cm³/mol. The van der Waals surface area contributed by atoms with Crippen molar-refractivity contribution in [2.75, 3.05) is 34.5 Å². The number of aromatic nitrogens is 3. The number of nitrogens with two attached hydrogens (primary N) is 1. The summed E-state index contributed by atoms with van der Waals surface area (Å²) in [5.74, 6) is -2.44. The number of aromatic hydroxyl groups is 1. The molecule has 0 amide bonds. The van der Waals surface area contributed by atoms with Crippen molar-refractivity contribution >= 4 is 127 Å². The molecular formula is C36H29FN10Na4O18S6. The molecule has 378 valence electrons. The van der Waals surface area contributed by atoms with Gasteiger partial charge in [-0.15, -0.1) is 24.8 Å². The summed E-state index contributed by atoms with van der Waals surface area (Å²) in [7, 11) is -18.6. The van der Waals surface area contributed by atoms with Crippen LogP contribution >= 0.6 is 24.4 Å². The molecule has 1 heterocycles. The van der Waals surface area contributed by atoms with E-state index in [0.717, 1.165) is 36.4 Å². The van der Waals surface area contributed by atoms with Gasteiger partial charge in [-0.2, -0.15) is 23.7 Å². The van der Waals surface area contributed by atoms with E-state index in [1.807, 2.05) is 0 Å². The van der Waals surface area contributed by atoms with Crippen molar-refractivity contribution < 1.29 is 204 Å². The molecule has 39 heteroatoms. The fraction of sp³-hybridized carbons (Fsp3) is 0.139. The number of azo groups is 2. The third kappa shape index (κ3) is 18.7. The van der Waals surface area contributed by atoms with Gasteiger partial charge in [0.1, 0.15) is 43.0 Å². The molecule has 6 rings (SSSR count). The molecule has 0 fully saturated rings. The summed E-state index contributed by atoms with van der Waals surface area (Å²) >= 11 is 0.144. The van der Waals surface area contributed by atoms with Gasteiger partial charge >= 0.3 is 124 Å². The Morgan fingerprint density at radius 1 is 0.653 bits per heavy atom. The summed E-state index contributed by atoms with van der Waals surface area (Å²) in [5, 5.41) is 59.4. The molecule has 0 aliphatic heterocycles. The van der Waals surface area contributed by atoms with E-state index in [2.05, 4.69) is 69.0 Å². The number of anilines is 5. The maximum absolute atomic E-state index is 14.6. The van der Waals surface area contributed by atoms with E-state index in [1.165, 1.54) is 36.4 Å². The van der Waals surface area contributed by atoms with Crippen LogP contribution in [0, 0.1) is 6.08 Å². The minimum Gasteiger partial charge on any atom is -0.744 e. The number of phenols is 1. The molecule has 0 atom stereocenters. The van der Waals surface area contributed by atoms with Gasteiger partial charge in [-0.3, -0.25) is 14.3 Å². The Bertz CT molecular complexity index is 3510. The van der Waals surface area contributed by atoms with E-state index in [1.54, 1.807) is 6.92 Å². The van der Waals surface area contributed by atoms with E-state index >= 15 is 0 Å². The maximum atomic E-state index is 14.6. The van der Waals surface area contributed by atoms with Crippen molar-refractivity contribution in [3.05, 3.63) is 84.9 Å². The number of nitrogens with zero attached hydrogens (tertiary/aromatic N) is 7. The monoisotopic (exact) mass is 1190 g/mol. The first-order valence-electron chi connectivity index (χ1n) is 19.0. The molecule has 0 unspecified atom stereocenters. The molecule has 5 N–H and O–H groups in total. The first-order valence-corrected chi connectivity index (χ1v) is 26.6. The van der Waals surface area contributed by atoms with E-state index in [9.17, 15) is 62.8 Å². The number of hydrogen-bond donors (Lipinski definition) is 4. The zero-order valence-electron chi connectivity index (χ0n) is 39.3. The SMILES string of the molecule is CCCS(=O)(=O)c1ccc(Nc2nc(F)nc(Nc3ccc(S(=O)(=O)[O-])c(N=Nc4c(SOO[O-])cc5c(N=Nc6ccc(S(=O)(=O)CCOSOO[O-])cc6S(=O)(=O)[O-])c(N)ccc5c4O)c3)n2)cc1.[Na+].[Na+].[Na+].[Na+]. The second kappa shape index (κ2) is 30.4. The summed E-state index contributed by atoms with van der Waals surface area (Å²) in [6.07, 6.45) is -0.894. The number of fused-ring (bicyclic) bond motifs is 1. The van der Waals surface area contributed by atoms with Crippen LogP contribution < -0.4 is 145 Å².